The van der Waals surface area contributed by atoms with Crippen molar-refractivity contribution in [2.45, 2.75) is 135 Å². The van der Waals surface area contributed by atoms with Gasteiger partial charge in [-0.1, -0.05) is 80.1 Å². The van der Waals surface area contributed by atoms with Crippen LogP contribution in [0.15, 0.2) is 0 Å². The summed E-state index contributed by atoms with van der Waals surface area (Å²) in [5.74, 6) is -0.751. The number of carbonyl (C=O) groups is 2. The molecule has 0 radical (unpaired) electrons. The van der Waals surface area contributed by atoms with Crippen LogP contribution >= 0.6 is 0 Å². The Labute approximate surface area is 188 Å². The number of nitrogens with one attached hydrogen (secondary N) is 2. The van der Waals surface area contributed by atoms with Crippen LogP contribution in [0.1, 0.15) is 112 Å². The number of aliphatic hydroxyl groups is 2. The molecule has 2 aliphatic rings. The van der Waals surface area contributed by atoms with Crippen LogP contribution in [0.25, 0.3) is 0 Å². The van der Waals surface area contributed by atoms with E-state index in [1.807, 2.05) is 41.5 Å². The van der Waals surface area contributed by atoms with Gasteiger partial charge in [-0.05, 0) is 36.5 Å². The van der Waals surface area contributed by atoms with Crippen molar-refractivity contribution in [3.63, 3.8) is 0 Å². The lowest BCUT2D eigenvalue weighted by atomic mass is 9.69. The standard InChI is InChI=1S/C25H46N2O4/c1-22(2,3)20(24(30)13-9-7-10-14-24)26-18(28)17-19(29)27-21(23(4,5)6)25(31)15-11-8-12-16-25/h20-21,30-31H,7-17H2,1-6H3,(H,26,28)(H,27,29). The van der Waals surface area contributed by atoms with E-state index < -0.39 is 23.3 Å². The third-order valence-electron chi connectivity index (χ3n) is 7.18. The summed E-state index contributed by atoms with van der Waals surface area (Å²) < 4.78 is 0. The zero-order valence-corrected chi connectivity index (χ0v) is 20.6. The molecule has 6 nitrogen and oxygen atoms in total. The molecule has 0 saturated heterocycles. The summed E-state index contributed by atoms with van der Waals surface area (Å²) in [4.78, 5) is 25.7. The fourth-order valence-corrected chi connectivity index (χ4v) is 5.79. The van der Waals surface area contributed by atoms with E-state index in [9.17, 15) is 19.8 Å². The van der Waals surface area contributed by atoms with Crippen LogP contribution in [0.4, 0.5) is 0 Å². The first-order chi connectivity index (χ1) is 14.2. The second-order valence-corrected chi connectivity index (χ2v) is 12.2. The summed E-state index contributed by atoms with van der Waals surface area (Å²) in [6, 6.07) is -0.830. The van der Waals surface area contributed by atoms with Crippen LogP contribution in [-0.2, 0) is 9.59 Å². The second-order valence-electron chi connectivity index (χ2n) is 12.2. The smallest absolute Gasteiger partial charge is 0.229 e. The van der Waals surface area contributed by atoms with Gasteiger partial charge in [0.05, 0.1) is 23.3 Å². The molecule has 0 aromatic rings. The molecule has 0 heterocycles. The van der Waals surface area contributed by atoms with Gasteiger partial charge >= 0.3 is 0 Å². The lowest BCUT2D eigenvalue weighted by Crippen LogP contribution is -2.61. The lowest BCUT2D eigenvalue weighted by Gasteiger charge is -2.46. The molecule has 4 N–H and O–H groups in total. The average molecular weight is 439 g/mol. The van der Waals surface area contributed by atoms with E-state index in [0.717, 1.165) is 38.5 Å². The van der Waals surface area contributed by atoms with Crippen LogP contribution in [0, 0.1) is 10.8 Å². The van der Waals surface area contributed by atoms with Crippen LogP contribution < -0.4 is 10.6 Å². The molecule has 6 heteroatoms. The molecular formula is C25H46N2O4. The Hall–Kier alpha value is -1.14. The van der Waals surface area contributed by atoms with E-state index >= 15 is 0 Å². The second kappa shape index (κ2) is 9.78. The predicted molar refractivity (Wildman–Crippen MR) is 123 cm³/mol. The van der Waals surface area contributed by atoms with E-state index in [1.165, 1.54) is 0 Å². The first kappa shape index (κ1) is 26.1. The van der Waals surface area contributed by atoms with Crippen LogP contribution in [-0.4, -0.2) is 45.3 Å². The Bertz CT molecular complexity index is 566. The molecule has 0 aliphatic heterocycles. The monoisotopic (exact) mass is 438 g/mol. The number of rotatable bonds is 6. The SMILES string of the molecule is CC(C)(C)C(NC(=O)CC(=O)NC(C(C)(C)C)C1(O)CCCCC1)C1(O)CCCCC1. The maximum Gasteiger partial charge on any atom is 0.229 e. The number of hydrogen-bond donors (Lipinski definition) is 4. The Morgan fingerprint density at radius 1 is 0.677 bits per heavy atom. The molecule has 0 spiro atoms. The van der Waals surface area contributed by atoms with Crippen molar-refractivity contribution in [2.24, 2.45) is 10.8 Å². The Morgan fingerprint density at radius 2 is 0.968 bits per heavy atom. The van der Waals surface area contributed by atoms with Gasteiger partial charge in [0.25, 0.3) is 0 Å². The molecule has 2 amide bonds. The molecule has 31 heavy (non-hydrogen) atoms. The van der Waals surface area contributed by atoms with E-state index in [0.29, 0.717) is 25.7 Å². The fraction of sp³-hybridized carbons (Fsp3) is 0.920. The van der Waals surface area contributed by atoms with Gasteiger partial charge < -0.3 is 20.8 Å². The van der Waals surface area contributed by atoms with Crippen molar-refractivity contribution in [3.05, 3.63) is 0 Å². The highest BCUT2D eigenvalue weighted by Gasteiger charge is 2.46. The summed E-state index contributed by atoms with van der Waals surface area (Å²) in [5.41, 5.74) is -2.53. The molecule has 2 saturated carbocycles. The fourth-order valence-electron chi connectivity index (χ4n) is 5.79. The summed E-state index contributed by atoms with van der Waals surface area (Å²) in [6.45, 7) is 12.1. The number of hydrogen-bond acceptors (Lipinski definition) is 4. The van der Waals surface area contributed by atoms with Gasteiger partial charge in [-0.15, -0.1) is 0 Å². The van der Waals surface area contributed by atoms with Gasteiger partial charge in [-0.25, -0.2) is 0 Å². The van der Waals surface area contributed by atoms with E-state index in [2.05, 4.69) is 10.6 Å². The summed E-state index contributed by atoms with van der Waals surface area (Å²) in [5, 5.41) is 28.5. The zero-order chi connectivity index (χ0) is 23.5. The Balaban J connectivity index is 2.06. The minimum absolute atomic E-state index is 0.300. The van der Waals surface area contributed by atoms with Gasteiger partial charge in [0.2, 0.25) is 11.8 Å². The maximum atomic E-state index is 12.8. The van der Waals surface area contributed by atoms with Crippen molar-refractivity contribution >= 4 is 11.8 Å². The number of amides is 2. The molecule has 0 aromatic heterocycles. The quantitative estimate of drug-likeness (QED) is 0.474. The predicted octanol–water partition coefficient (Wildman–Crippen LogP) is 3.83. The molecule has 2 fully saturated rings. The van der Waals surface area contributed by atoms with Crippen LogP contribution in [0.2, 0.25) is 0 Å². The van der Waals surface area contributed by atoms with E-state index in [1.54, 1.807) is 0 Å². The van der Waals surface area contributed by atoms with Gasteiger partial charge in [-0.2, -0.15) is 0 Å². The summed E-state index contributed by atoms with van der Waals surface area (Å²) in [6.07, 6.45) is 8.37. The topological polar surface area (TPSA) is 98.7 Å². The van der Waals surface area contributed by atoms with E-state index in [4.69, 9.17) is 0 Å². The molecule has 0 bridgehead atoms. The molecular weight excluding hydrogens is 392 g/mol. The molecule has 180 valence electrons. The van der Waals surface area contributed by atoms with Gasteiger partial charge in [0.1, 0.15) is 6.42 Å². The lowest BCUT2D eigenvalue weighted by molar-refractivity contribution is -0.137. The molecule has 2 rings (SSSR count). The van der Waals surface area contributed by atoms with E-state index in [-0.39, 0.29) is 29.1 Å². The third kappa shape index (κ3) is 6.92. The van der Waals surface area contributed by atoms with Crippen molar-refractivity contribution in [1.29, 1.82) is 0 Å². The zero-order valence-electron chi connectivity index (χ0n) is 20.6. The normalized spacial score (nSPS) is 23.5. The third-order valence-corrected chi connectivity index (χ3v) is 7.18. The van der Waals surface area contributed by atoms with Crippen LogP contribution in [0.3, 0.4) is 0 Å². The molecule has 2 unspecified atom stereocenters. The van der Waals surface area contributed by atoms with Crippen molar-refractivity contribution in [3.8, 4) is 0 Å². The molecule has 0 aromatic carbocycles. The van der Waals surface area contributed by atoms with Crippen molar-refractivity contribution in [1.82, 2.24) is 10.6 Å². The highest BCUT2D eigenvalue weighted by atomic mass is 16.3. The Kier molecular flexibility index (Phi) is 8.24. The van der Waals surface area contributed by atoms with Gasteiger partial charge in [-0.3, -0.25) is 9.59 Å². The van der Waals surface area contributed by atoms with Gasteiger partial charge in [0.15, 0.2) is 0 Å². The summed E-state index contributed by atoms with van der Waals surface area (Å²) in [7, 11) is 0. The molecule has 2 aliphatic carbocycles. The largest absolute Gasteiger partial charge is 0.388 e. The highest BCUT2D eigenvalue weighted by molar-refractivity contribution is 5.97. The highest BCUT2D eigenvalue weighted by Crippen LogP contribution is 2.39. The summed E-state index contributed by atoms with van der Waals surface area (Å²) >= 11 is 0. The average Bonchev–Trinajstić information content (AvgIpc) is 2.63. The van der Waals surface area contributed by atoms with Crippen molar-refractivity contribution < 1.29 is 19.8 Å². The first-order valence-corrected chi connectivity index (χ1v) is 12.2. The van der Waals surface area contributed by atoms with Crippen LogP contribution in [0.5, 0.6) is 0 Å². The first-order valence-electron chi connectivity index (χ1n) is 12.2. The minimum atomic E-state index is -0.937. The van der Waals surface area contributed by atoms with Crippen molar-refractivity contribution in [2.75, 3.05) is 0 Å². The minimum Gasteiger partial charge on any atom is -0.388 e. The molecule has 2 atom stereocenters. The Morgan fingerprint density at radius 3 is 1.23 bits per heavy atom. The number of carbonyl (C=O) groups excluding carboxylic acids is 2. The van der Waals surface area contributed by atoms with Gasteiger partial charge in [0, 0.05) is 0 Å². The maximum absolute atomic E-state index is 12.8.